The fourth-order valence-electron chi connectivity index (χ4n) is 7.05. The number of carbonyl (C=O) groups is 4. The van der Waals surface area contributed by atoms with E-state index in [9.17, 15) is 28.0 Å². The van der Waals surface area contributed by atoms with Crippen LogP contribution in [0.1, 0.15) is 107 Å². The first-order valence-electron chi connectivity index (χ1n) is 17.1. The van der Waals surface area contributed by atoms with Gasteiger partial charge in [0.25, 0.3) is 11.8 Å². The lowest BCUT2D eigenvalue weighted by molar-refractivity contribution is -0.125. The second-order valence-corrected chi connectivity index (χ2v) is 15.2. The highest BCUT2D eigenvalue weighted by Gasteiger charge is 2.63. The summed E-state index contributed by atoms with van der Waals surface area (Å²) in [4.78, 5) is 53.0. The molecule has 6 rings (SSSR count). The van der Waals surface area contributed by atoms with Crippen LogP contribution in [0.2, 0.25) is 0 Å². The predicted octanol–water partition coefficient (Wildman–Crippen LogP) is 5.29. The third kappa shape index (κ3) is 7.65. The van der Waals surface area contributed by atoms with E-state index in [1.807, 2.05) is 26.0 Å². The summed E-state index contributed by atoms with van der Waals surface area (Å²) in [5.41, 5.74) is 1.86. The Labute approximate surface area is 279 Å². The van der Waals surface area contributed by atoms with Crippen LogP contribution >= 0.6 is 0 Å². The standard InChI is InChI=1S/C35H46F2N6O5/c1-18(2)43-26(14-15-38-43)30(44)41-29(27(19-6-7-19)20-8-9-20)32(46)39-22-11-12-23-21(16-22)10-13-25(23)40-31(45)28(24-17-35(24,36)37)42-33(47)48-34(3,4)5/h11-12,14-16,18-20,24-25,27-29H,6-10,13,17H2,1-5H3,(H,39,46)(H,40,45)(H,41,44)(H,42,47)/t24?,25-,28?,29+/m1/s1. The van der Waals surface area contributed by atoms with E-state index in [0.29, 0.717) is 36.1 Å². The molecule has 0 radical (unpaired) electrons. The van der Waals surface area contributed by atoms with Crippen LogP contribution < -0.4 is 21.3 Å². The SMILES string of the molecule is CC(C)n1nccc1C(=O)N[C@H](C(=O)Nc1ccc2c(c1)CC[C@H]2NC(=O)C(NC(=O)OC(C)(C)C)C1CC1(F)F)C(C1CC1)C1CC1. The second kappa shape index (κ2) is 12.8. The molecular weight excluding hydrogens is 622 g/mol. The number of aryl methyl sites for hydroxylation is 1. The molecule has 4 amide bonds. The summed E-state index contributed by atoms with van der Waals surface area (Å²) in [5.74, 6) is -4.79. The van der Waals surface area contributed by atoms with Crippen molar-refractivity contribution in [3.63, 3.8) is 0 Å². The van der Waals surface area contributed by atoms with Crippen LogP contribution in [0, 0.1) is 23.7 Å². The number of rotatable bonds is 12. The minimum absolute atomic E-state index is 0.0162. The van der Waals surface area contributed by atoms with Gasteiger partial charge in [-0.15, -0.1) is 0 Å². The number of hydrogen-bond donors (Lipinski definition) is 4. The number of fused-ring (bicyclic) bond motifs is 1. The van der Waals surface area contributed by atoms with Gasteiger partial charge in [0.15, 0.2) is 0 Å². The number of alkyl halides is 2. The zero-order chi connectivity index (χ0) is 34.5. The molecule has 4 atom stereocenters. The minimum atomic E-state index is -3.04. The van der Waals surface area contributed by atoms with Gasteiger partial charge in [-0.05, 0) is 120 Å². The molecule has 0 bridgehead atoms. The zero-order valence-electron chi connectivity index (χ0n) is 28.1. The van der Waals surface area contributed by atoms with Crippen LogP contribution in [0.4, 0.5) is 19.3 Å². The molecule has 0 saturated heterocycles. The van der Waals surface area contributed by atoms with Crippen LogP contribution in [0.5, 0.6) is 0 Å². The number of ether oxygens (including phenoxy) is 1. The Balaban J connectivity index is 1.14. The summed E-state index contributed by atoms with van der Waals surface area (Å²) >= 11 is 0. The number of aromatic nitrogens is 2. The number of halogens is 2. The van der Waals surface area contributed by atoms with Gasteiger partial charge in [-0.2, -0.15) is 5.10 Å². The lowest BCUT2D eigenvalue weighted by Gasteiger charge is -2.28. The van der Waals surface area contributed by atoms with E-state index in [-0.39, 0.29) is 23.8 Å². The molecule has 1 aromatic heterocycles. The Morgan fingerprint density at radius 1 is 0.979 bits per heavy atom. The van der Waals surface area contributed by atoms with E-state index >= 15 is 0 Å². The highest BCUT2D eigenvalue weighted by molar-refractivity contribution is 6.01. The molecule has 0 aliphatic heterocycles. The zero-order valence-corrected chi connectivity index (χ0v) is 28.1. The molecule has 0 spiro atoms. The first-order chi connectivity index (χ1) is 22.6. The monoisotopic (exact) mass is 668 g/mol. The topological polar surface area (TPSA) is 143 Å². The van der Waals surface area contributed by atoms with E-state index < -0.39 is 54.0 Å². The van der Waals surface area contributed by atoms with Crippen molar-refractivity contribution < 1.29 is 32.7 Å². The molecule has 260 valence electrons. The van der Waals surface area contributed by atoms with Gasteiger partial charge in [0, 0.05) is 24.3 Å². The average Bonchev–Trinajstić information content (AvgIpc) is 3.96. The van der Waals surface area contributed by atoms with Crippen molar-refractivity contribution in [3.8, 4) is 0 Å². The van der Waals surface area contributed by atoms with Crippen LogP contribution in [0.3, 0.4) is 0 Å². The van der Waals surface area contributed by atoms with Crippen LogP contribution in [-0.2, 0) is 20.7 Å². The number of alkyl carbamates (subject to hydrolysis) is 1. The van der Waals surface area contributed by atoms with Gasteiger partial charge in [0.1, 0.15) is 23.4 Å². The lowest BCUT2D eigenvalue weighted by atomic mass is 9.88. The number of benzene rings is 1. The fraction of sp³-hybridized carbons (Fsp3) is 0.629. The second-order valence-electron chi connectivity index (χ2n) is 15.2. The van der Waals surface area contributed by atoms with E-state index in [1.165, 1.54) is 0 Å². The van der Waals surface area contributed by atoms with Crippen molar-refractivity contribution in [2.24, 2.45) is 23.7 Å². The van der Waals surface area contributed by atoms with Gasteiger partial charge in [0.05, 0.1) is 12.0 Å². The maximum absolute atomic E-state index is 14.1. The van der Waals surface area contributed by atoms with Crippen molar-refractivity contribution in [3.05, 3.63) is 47.3 Å². The first kappa shape index (κ1) is 33.9. The molecule has 4 N–H and O–H groups in total. The van der Waals surface area contributed by atoms with Gasteiger partial charge in [0.2, 0.25) is 11.8 Å². The Morgan fingerprint density at radius 2 is 1.65 bits per heavy atom. The van der Waals surface area contributed by atoms with Crippen LogP contribution in [0.15, 0.2) is 30.5 Å². The van der Waals surface area contributed by atoms with Crippen LogP contribution in [0.25, 0.3) is 0 Å². The van der Waals surface area contributed by atoms with Gasteiger partial charge < -0.3 is 26.0 Å². The Kier molecular flexibility index (Phi) is 9.01. The molecule has 13 heteroatoms. The van der Waals surface area contributed by atoms with E-state index in [1.54, 1.807) is 43.8 Å². The number of nitrogens with zero attached hydrogens (tertiary/aromatic N) is 2. The number of anilines is 1. The summed E-state index contributed by atoms with van der Waals surface area (Å²) in [6, 6.07) is 4.49. The summed E-state index contributed by atoms with van der Waals surface area (Å²) in [7, 11) is 0. The third-order valence-corrected chi connectivity index (χ3v) is 9.71. The Hall–Kier alpha value is -4.03. The van der Waals surface area contributed by atoms with Crippen molar-refractivity contribution in [1.29, 1.82) is 0 Å². The largest absolute Gasteiger partial charge is 0.444 e. The lowest BCUT2D eigenvalue weighted by Crippen LogP contribution is -2.50. The molecule has 1 aromatic carbocycles. The third-order valence-electron chi connectivity index (χ3n) is 9.71. The maximum Gasteiger partial charge on any atom is 0.408 e. The molecule has 48 heavy (non-hydrogen) atoms. The highest BCUT2D eigenvalue weighted by Crippen LogP contribution is 2.52. The molecule has 11 nitrogen and oxygen atoms in total. The fourth-order valence-corrected chi connectivity index (χ4v) is 7.05. The number of amides is 4. The van der Waals surface area contributed by atoms with Gasteiger partial charge in [-0.1, -0.05) is 6.07 Å². The quantitative estimate of drug-likeness (QED) is 0.242. The number of hydrogen-bond acceptors (Lipinski definition) is 6. The van der Waals surface area contributed by atoms with Gasteiger partial charge >= 0.3 is 6.09 Å². The normalized spacial score (nSPS) is 22.4. The molecule has 3 saturated carbocycles. The van der Waals surface area contributed by atoms with Crippen molar-refractivity contribution >= 4 is 29.5 Å². The minimum Gasteiger partial charge on any atom is -0.444 e. The first-order valence-corrected chi connectivity index (χ1v) is 17.1. The van der Waals surface area contributed by atoms with Gasteiger partial charge in [-0.25, -0.2) is 13.6 Å². The molecule has 4 aliphatic carbocycles. The maximum atomic E-state index is 14.1. The highest BCUT2D eigenvalue weighted by atomic mass is 19.3. The summed E-state index contributed by atoms with van der Waals surface area (Å²) in [6.07, 6.45) is 5.48. The Bertz CT molecular complexity index is 1570. The van der Waals surface area contributed by atoms with Crippen molar-refractivity contribution in [2.45, 2.75) is 115 Å². The molecule has 4 aliphatic rings. The predicted molar refractivity (Wildman–Crippen MR) is 173 cm³/mol. The number of nitrogens with one attached hydrogen (secondary N) is 4. The van der Waals surface area contributed by atoms with Crippen molar-refractivity contribution in [1.82, 2.24) is 25.7 Å². The molecule has 2 unspecified atom stereocenters. The molecular formula is C35H46F2N6O5. The van der Waals surface area contributed by atoms with Crippen molar-refractivity contribution in [2.75, 3.05) is 5.32 Å². The molecule has 3 fully saturated rings. The smallest absolute Gasteiger partial charge is 0.408 e. The average molecular weight is 669 g/mol. The molecule has 1 heterocycles. The summed E-state index contributed by atoms with van der Waals surface area (Å²) in [6.45, 7) is 8.84. The van der Waals surface area contributed by atoms with E-state index in [2.05, 4.69) is 26.4 Å². The van der Waals surface area contributed by atoms with Crippen LogP contribution in [-0.4, -0.2) is 57.2 Å². The summed E-state index contributed by atoms with van der Waals surface area (Å²) in [5, 5.41) is 15.6. The van der Waals surface area contributed by atoms with E-state index in [0.717, 1.165) is 36.8 Å². The molecule has 2 aromatic rings. The summed E-state index contributed by atoms with van der Waals surface area (Å²) < 4.78 is 35.0. The van der Waals surface area contributed by atoms with E-state index in [4.69, 9.17) is 4.74 Å². The Morgan fingerprint density at radius 3 is 2.23 bits per heavy atom. The number of carbonyl (C=O) groups excluding carboxylic acids is 4. The van der Waals surface area contributed by atoms with Gasteiger partial charge in [-0.3, -0.25) is 19.1 Å².